The Balaban J connectivity index is 2.42. The Labute approximate surface area is 109 Å². The number of anilines is 1. The van der Waals surface area contributed by atoms with Crippen molar-refractivity contribution < 1.29 is 14.7 Å². The minimum absolute atomic E-state index is 0.0206. The van der Waals surface area contributed by atoms with Gasteiger partial charge in [-0.1, -0.05) is 25.4 Å². The lowest BCUT2D eigenvalue weighted by Crippen LogP contribution is -2.34. The normalized spacial score (nSPS) is 19.6. The minimum atomic E-state index is -0.573. The number of aromatic hydroxyl groups is 1. The van der Waals surface area contributed by atoms with Crippen LogP contribution in [0.5, 0.6) is 5.75 Å². The summed E-state index contributed by atoms with van der Waals surface area (Å²) in [5.74, 6) is -0.562. The van der Waals surface area contributed by atoms with Gasteiger partial charge in [0, 0.05) is 5.02 Å². The highest BCUT2D eigenvalue weighted by molar-refractivity contribution is 6.31. The molecule has 6 heteroatoms. The molecule has 0 bridgehead atoms. The van der Waals surface area contributed by atoms with Crippen molar-refractivity contribution in [3.8, 4) is 5.75 Å². The van der Waals surface area contributed by atoms with Gasteiger partial charge in [-0.05, 0) is 24.1 Å². The highest BCUT2D eigenvalue weighted by Crippen LogP contribution is 2.33. The number of amides is 3. The second-order valence-corrected chi connectivity index (χ2v) is 4.91. The molecule has 2 rings (SSSR count). The lowest BCUT2D eigenvalue weighted by Gasteiger charge is -2.15. The predicted molar refractivity (Wildman–Crippen MR) is 67.8 cm³/mol. The van der Waals surface area contributed by atoms with Crippen LogP contribution in [-0.4, -0.2) is 23.1 Å². The van der Waals surface area contributed by atoms with E-state index in [9.17, 15) is 14.7 Å². The Kier molecular flexibility index (Phi) is 3.17. The maximum absolute atomic E-state index is 12.1. The van der Waals surface area contributed by atoms with E-state index < -0.39 is 12.1 Å². The number of halogens is 1. The van der Waals surface area contributed by atoms with Crippen LogP contribution in [-0.2, 0) is 4.79 Å². The van der Waals surface area contributed by atoms with Crippen molar-refractivity contribution in [2.24, 2.45) is 5.92 Å². The van der Waals surface area contributed by atoms with Crippen molar-refractivity contribution >= 4 is 29.2 Å². The molecule has 1 atom stereocenters. The molecule has 1 heterocycles. The first-order chi connectivity index (χ1) is 8.41. The molecule has 0 aromatic heterocycles. The standard InChI is InChI=1S/C12H13ClN2O3/c1-6(2)10-11(17)15(12(18)14-10)8-5-7(13)3-4-9(8)16/h3-6,10,16H,1-2H3,(H,14,18). The van der Waals surface area contributed by atoms with Gasteiger partial charge in [0.25, 0.3) is 5.91 Å². The van der Waals surface area contributed by atoms with Crippen LogP contribution in [0.25, 0.3) is 0 Å². The number of urea groups is 1. The molecular formula is C12H13ClN2O3. The summed E-state index contributed by atoms with van der Waals surface area (Å²) in [4.78, 5) is 24.8. The van der Waals surface area contributed by atoms with Crippen molar-refractivity contribution in [3.63, 3.8) is 0 Å². The van der Waals surface area contributed by atoms with E-state index in [2.05, 4.69) is 5.32 Å². The molecule has 0 aliphatic carbocycles. The van der Waals surface area contributed by atoms with E-state index in [0.29, 0.717) is 5.02 Å². The number of nitrogens with zero attached hydrogens (tertiary/aromatic N) is 1. The lowest BCUT2D eigenvalue weighted by molar-refractivity contribution is -0.119. The second-order valence-electron chi connectivity index (χ2n) is 4.48. The van der Waals surface area contributed by atoms with Crippen molar-refractivity contribution in [2.75, 3.05) is 4.90 Å². The monoisotopic (exact) mass is 268 g/mol. The molecule has 96 valence electrons. The van der Waals surface area contributed by atoms with Gasteiger partial charge in [-0.2, -0.15) is 0 Å². The van der Waals surface area contributed by atoms with Gasteiger partial charge in [0.1, 0.15) is 11.8 Å². The van der Waals surface area contributed by atoms with Crippen LogP contribution >= 0.6 is 11.6 Å². The number of benzene rings is 1. The molecule has 1 saturated heterocycles. The van der Waals surface area contributed by atoms with Crippen LogP contribution in [0.4, 0.5) is 10.5 Å². The molecule has 3 amide bonds. The number of phenolic OH excluding ortho intramolecular Hbond substituents is 1. The van der Waals surface area contributed by atoms with Crippen molar-refractivity contribution in [1.29, 1.82) is 0 Å². The summed E-state index contributed by atoms with van der Waals surface area (Å²) in [6.07, 6.45) is 0. The summed E-state index contributed by atoms with van der Waals surface area (Å²) in [5, 5.41) is 12.6. The fraction of sp³-hybridized carbons (Fsp3) is 0.333. The van der Waals surface area contributed by atoms with E-state index in [-0.39, 0.29) is 23.3 Å². The van der Waals surface area contributed by atoms with Gasteiger partial charge < -0.3 is 10.4 Å². The SMILES string of the molecule is CC(C)C1NC(=O)N(c2cc(Cl)ccc2O)C1=O. The van der Waals surface area contributed by atoms with Gasteiger partial charge >= 0.3 is 6.03 Å². The Morgan fingerprint density at radius 2 is 2.06 bits per heavy atom. The van der Waals surface area contributed by atoms with Crippen LogP contribution in [0, 0.1) is 5.92 Å². The van der Waals surface area contributed by atoms with Crippen molar-refractivity contribution in [3.05, 3.63) is 23.2 Å². The van der Waals surface area contributed by atoms with Crippen molar-refractivity contribution in [1.82, 2.24) is 5.32 Å². The first-order valence-electron chi connectivity index (χ1n) is 5.55. The van der Waals surface area contributed by atoms with E-state index in [0.717, 1.165) is 4.90 Å². The highest BCUT2D eigenvalue weighted by atomic mass is 35.5. The maximum Gasteiger partial charge on any atom is 0.329 e. The Morgan fingerprint density at radius 1 is 1.39 bits per heavy atom. The van der Waals surface area contributed by atoms with Crippen molar-refractivity contribution in [2.45, 2.75) is 19.9 Å². The lowest BCUT2D eigenvalue weighted by atomic mass is 10.0. The molecule has 1 unspecified atom stereocenters. The number of carbonyl (C=O) groups is 2. The quantitative estimate of drug-likeness (QED) is 0.807. The topological polar surface area (TPSA) is 69.6 Å². The maximum atomic E-state index is 12.1. The molecule has 1 aliphatic heterocycles. The van der Waals surface area contributed by atoms with Crippen LogP contribution in [0.1, 0.15) is 13.8 Å². The van der Waals surface area contributed by atoms with E-state index in [4.69, 9.17) is 11.6 Å². The Bertz CT molecular complexity index is 516. The smallest absolute Gasteiger partial charge is 0.329 e. The van der Waals surface area contributed by atoms with Crippen LogP contribution in [0.3, 0.4) is 0 Å². The van der Waals surface area contributed by atoms with Gasteiger partial charge in [-0.15, -0.1) is 0 Å². The fourth-order valence-electron chi connectivity index (χ4n) is 1.85. The molecule has 1 aromatic carbocycles. The van der Waals surface area contributed by atoms with Gasteiger partial charge in [0.05, 0.1) is 5.69 Å². The number of nitrogens with one attached hydrogen (secondary N) is 1. The average molecular weight is 269 g/mol. The summed E-state index contributed by atoms with van der Waals surface area (Å²) in [5.41, 5.74) is 0.105. The second kappa shape index (κ2) is 4.49. The summed E-state index contributed by atoms with van der Waals surface area (Å²) >= 11 is 5.81. The molecular weight excluding hydrogens is 256 g/mol. The van der Waals surface area contributed by atoms with Crippen LogP contribution in [0.2, 0.25) is 5.02 Å². The zero-order chi connectivity index (χ0) is 13.4. The summed E-state index contributed by atoms with van der Waals surface area (Å²) < 4.78 is 0. The number of hydrogen-bond donors (Lipinski definition) is 2. The van der Waals surface area contributed by atoms with Gasteiger partial charge in [0.2, 0.25) is 0 Å². The minimum Gasteiger partial charge on any atom is -0.506 e. The molecule has 2 N–H and O–H groups in total. The molecule has 1 fully saturated rings. The molecule has 0 saturated carbocycles. The zero-order valence-electron chi connectivity index (χ0n) is 9.98. The van der Waals surface area contributed by atoms with Gasteiger partial charge in [-0.25, -0.2) is 9.69 Å². The predicted octanol–water partition coefficient (Wildman–Crippen LogP) is 2.13. The fourth-order valence-corrected chi connectivity index (χ4v) is 2.02. The third-order valence-corrected chi connectivity index (χ3v) is 3.05. The largest absolute Gasteiger partial charge is 0.506 e. The molecule has 0 spiro atoms. The van der Waals surface area contributed by atoms with E-state index in [1.54, 1.807) is 0 Å². The molecule has 18 heavy (non-hydrogen) atoms. The number of rotatable bonds is 2. The summed E-state index contributed by atoms with van der Waals surface area (Å²) in [7, 11) is 0. The van der Waals surface area contributed by atoms with E-state index in [1.807, 2.05) is 13.8 Å². The van der Waals surface area contributed by atoms with E-state index >= 15 is 0 Å². The number of carbonyl (C=O) groups excluding carboxylic acids is 2. The van der Waals surface area contributed by atoms with Gasteiger partial charge in [0.15, 0.2) is 0 Å². The highest BCUT2D eigenvalue weighted by Gasteiger charge is 2.41. The molecule has 1 aromatic rings. The number of phenols is 1. The third kappa shape index (κ3) is 2.01. The van der Waals surface area contributed by atoms with Crippen LogP contribution < -0.4 is 10.2 Å². The van der Waals surface area contributed by atoms with E-state index in [1.165, 1.54) is 18.2 Å². The Morgan fingerprint density at radius 3 is 2.61 bits per heavy atom. The first-order valence-corrected chi connectivity index (χ1v) is 5.92. The van der Waals surface area contributed by atoms with Gasteiger partial charge in [-0.3, -0.25) is 4.79 Å². The van der Waals surface area contributed by atoms with Crippen LogP contribution in [0.15, 0.2) is 18.2 Å². The molecule has 0 radical (unpaired) electrons. The molecule has 5 nitrogen and oxygen atoms in total. The average Bonchev–Trinajstić information content (AvgIpc) is 2.58. The molecule has 1 aliphatic rings. The summed E-state index contributed by atoms with van der Waals surface area (Å²) in [6, 6.07) is 3.10. The third-order valence-electron chi connectivity index (χ3n) is 2.81. The zero-order valence-corrected chi connectivity index (χ0v) is 10.7. The first kappa shape index (κ1) is 12.7. The number of imide groups is 1. The Hall–Kier alpha value is -1.75. The number of hydrogen-bond acceptors (Lipinski definition) is 3. The summed E-state index contributed by atoms with van der Waals surface area (Å²) in [6.45, 7) is 3.67.